The van der Waals surface area contributed by atoms with Crippen LogP contribution in [0.15, 0.2) is 24.3 Å². The highest BCUT2D eigenvalue weighted by Gasteiger charge is 2.34. The average Bonchev–Trinajstić information content (AvgIpc) is 2.83. The molecule has 106 valence electrons. The van der Waals surface area contributed by atoms with Crippen molar-refractivity contribution in [2.24, 2.45) is 0 Å². The number of aromatic amines is 1. The Labute approximate surface area is 118 Å². The lowest BCUT2D eigenvalue weighted by atomic mass is 9.72. The van der Waals surface area contributed by atoms with Crippen molar-refractivity contribution in [2.45, 2.75) is 44.4 Å². The summed E-state index contributed by atoms with van der Waals surface area (Å²) in [7, 11) is 0. The van der Waals surface area contributed by atoms with E-state index in [4.69, 9.17) is 5.73 Å². The predicted molar refractivity (Wildman–Crippen MR) is 78.8 cm³/mol. The molecule has 3 rings (SSSR count). The lowest BCUT2D eigenvalue weighted by Gasteiger charge is -2.33. The molecule has 1 aromatic carbocycles. The van der Waals surface area contributed by atoms with Gasteiger partial charge in [0.2, 0.25) is 0 Å². The Morgan fingerprint density at radius 1 is 1.20 bits per heavy atom. The zero-order chi connectivity index (χ0) is 14.2. The van der Waals surface area contributed by atoms with E-state index in [-0.39, 0.29) is 11.2 Å². The summed E-state index contributed by atoms with van der Waals surface area (Å²) in [5, 5.41) is 7.21. The fourth-order valence-corrected chi connectivity index (χ4v) is 3.31. The highest BCUT2D eigenvalue weighted by atomic mass is 19.1. The Bertz CT molecular complexity index is 612. The van der Waals surface area contributed by atoms with Crippen LogP contribution in [0.1, 0.15) is 44.7 Å². The number of H-pyrrole nitrogens is 1. The van der Waals surface area contributed by atoms with Crippen molar-refractivity contribution in [3.05, 3.63) is 35.8 Å². The molecule has 0 radical (unpaired) electrons. The molecular weight excluding hydrogens is 253 g/mol. The second kappa shape index (κ2) is 4.93. The number of benzene rings is 1. The number of nitrogens with zero attached hydrogens (tertiary/aromatic N) is 1. The van der Waals surface area contributed by atoms with Crippen molar-refractivity contribution >= 4 is 5.82 Å². The van der Waals surface area contributed by atoms with Crippen molar-refractivity contribution in [3.63, 3.8) is 0 Å². The Morgan fingerprint density at radius 2 is 1.90 bits per heavy atom. The molecule has 1 heterocycles. The van der Waals surface area contributed by atoms with E-state index >= 15 is 0 Å². The Balaban J connectivity index is 2.13. The molecule has 0 spiro atoms. The van der Waals surface area contributed by atoms with Crippen molar-refractivity contribution in [2.75, 3.05) is 5.73 Å². The fraction of sp³-hybridized carbons (Fsp3) is 0.438. The van der Waals surface area contributed by atoms with Crippen LogP contribution in [0.25, 0.3) is 11.1 Å². The van der Waals surface area contributed by atoms with Gasteiger partial charge in [-0.25, -0.2) is 4.39 Å². The summed E-state index contributed by atoms with van der Waals surface area (Å²) in [4.78, 5) is 0. The quantitative estimate of drug-likeness (QED) is 0.868. The van der Waals surface area contributed by atoms with Gasteiger partial charge in [-0.1, -0.05) is 44.4 Å². The third-order valence-corrected chi connectivity index (χ3v) is 4.50. The van der Waals surface area contributed by atoms with Crippen molar-refractivity contribution < 1.29 is 4.39 Å². The van der Waals surface area contributed by atoms with E-state index in [0.29, 0.717) is 11.4 Å². The van der Waals surface area contributed by atoms with E-state index in [9.17, 15) is 4.39 Å². The molecule has 1 aliphatic rings. The molecule has 1 fully saturated rings. The molecule has 3 nitrogen and oxygen atoms in total. The Kier molecular flexibility index (Phi) is 3.24. The van der Waals surface area contributed by atoms with Gasteiger partial charge < -0.3 is 5.73 Å². The van der Waals surface area contributed by atoms with E-state index in [1.54, 1.807) is 12.1 Å². The van der Waals surface area contributed by atoms with Crippen molar-refractivity contribution in [1.82, 2.24) is 10.2 Å². The Morgan fingerprint density at radius 3 is 2.60 bits per heavy atom. The number of anilines is 1. The topological polar surface area (TPSA) is 54.7 Å². The second-order valence-corrected chi connectivity index (χ2v) is 5.96. The van der Waals surface area contributed by atoms with Crippen LogP contribution in [0.3, 0.4) is 0 Å². The zero-order valence-corrected chi connectivity index (χ0v) is 11.7. The predicted octanol–water partition coefficient (Wildman–Crippen LogP) is 4.02. The molecule has 1 aliphatic carbocycles. The number of nitrogens with two attached hydrogens (primary N) is 1. The van der Waals surface area contributed by atoms with Gasteiger partial charge in [0.25, 0.3) is 0 Å². The summed E-state index contributed by atoms with van der Waals surface area (Å²) in [5.74, 6) is 0.137. The molecule has 3 N–H and O–H groups in total. The summed E-state index contributed by atoms with van der Waals surface area (Å²) in [6.07, 6.45) is 5.86. The molecule has 0 atom stereocenters. The summed E-state index contributed by atoms with van der Waals surface area (Å²) in [5.41, 5.74) is 8.28. The zero-order valence-electron chi connectivity index (χ0n) is 11.7. The number of nitrogen functional groups attached to an aromatic ring is 1. The van der Waals surface area contributed by atoms with E-state index in [0.717, 1.165) is 24.1 Å². The maximum Gasteiger partial charge on any atom is 0.153 e. The molecule has 20 heavy (non-hydrogen) atoms. The van der Waals surface area contributed by atoms with Gasteiger partial charge in [0, 0.05) is 11.0 Å². The number of aromatic nitrogens is 2. The maximum absolute atomic E-state index is 14.1. The summed E-state index contributed by atoms with van der Waals surface area (Å²) >= 11 is 0. The van der Waals surface area contributed by atoms with Gasteiger partial charge in [-0.05, 0) is 18.9 Å². The molecule has 0 unspecified atom stereocenters. The van der Waals surface area contributed by atoms with E-state index in [2.05, 4.69) is 17.1 Å². The molecule has 1 saturated carbocycles. The highest BCUT2D eigenvalue weighted by Crippen LogP contribution is 2.44. The first-order valence-electron chi connectivity index (χ1n) is 7.21. The maximum atomic E-state index is 14.1. The highest BCUT2D eigenvalue weighted by molar-refractivity contribution is 5.77. The standard InChI is InChI=1S/C16H20FN3/c1-16(9-5-2-6-10-16)14-13(15(18)20-19-14)11-7-3-4-8-12(11)17/h3-4,7-8H,2,5-6,9-10H2,1H3,(H3,18,19,20). The number of hydrogen-bond donors (Lipinski definition) is 2. The van der Waals surface area contributed by atoms with Crippen LogP contribution in [0.2, 0.25) is 0 Å². The van der Waals surface area contributed by atoms with Crippen LogP contribution in [0.5, 0.6) is 0 Å². The van der Waals surface area contributed by atoms with Gasteiger partial charge in [-0.2, -0.15) is 5.10 Å². The lowest BCUT2D eigenvalue weighted by molar-refractivity contribution is 0.312. The minimum atomic E-state index is -0.249. The normalized spacial score (nSPS) is 18.1. The van der Waals surface area contributed by atoms with Crippen molar-refractivity contribution in [1.29, 1.82) is 0 Å². The largest absolute Gasteiger partial charge is 0.382 e. The number of hydrogen-bond acceptors (Lipinski definition) is 2. The van der Waals surface area contributed by atoms with Crippen LogP contribution < -0.4 is 5.73 Å². The van der Waals surface area contributed by atoms with E-state index in [1.807, 2.05) is 6.07 Å². The molecule has 2 aromatic rings. The van der Waals surface area contributed by atoms with Crippen LogP contribution in [0, 0.1) is 5.82 Å². The fourth-order valence-electron chi connectivity index (χ4n) is 3.31. The molecule has 4 heteroatoms. The first kappa shape index (κ1) is 13.2. The summed E-state index contributed by atoms with van der Waals surface area (Å²) in [6, 6.07) is 6.76. The molecule has 0 amide bonds. The van der Waals surface area contributed by atoms with E-state index in [1.165, 1.54) is 25.3 Å². The first-order chi connectivity index (χ1) is 9.62. The van der Waals surface area contributed by atoms with Crippen LogP contribution in [-0.4, -0.2) is 10.2 Å². The third kappa shape index (κ3) is 2.09. The lowest BCUT2D eigenvalue weighted by Crippen LogP contribution is -2.26. The smallest absolute Gasteiger partial charge is 0.153 e. The first-order valence-corrected chi connectivity index (χ1v) is 7.21. The molecule has 0 bridgehead atoms. The van der Waals surface area contributed by atoms with Crippen LogP contribution in [-0.2, 0) is 5.41 Å². The average molecular weight is 273 g/mol. The SMILES string of the molecule is CC1(c2[nH]nc(N)c2-c2ccccc2F)CCCCC1. The molecule has 0 saturated heterocycles. The van der Waals surface area contributed by atoms with E-state index < -0.39 is 0 Å². The third-order valence-electron chi connectivity index (χ3n) is 4.50. The van der Waals surface area contributed by atoms with Crippen LogP contribution in [0.4, 0.5) is 10.2 Å². The minimum absolute atomic E-state index is 0.0144. The van der Waals surface area contributed by atoms with Gasteiger partial charge in [0.05, 0.1) is 11.3 Å². The second-order valence-electron chi connectivity index (χ2n) is 5.96. The van der Waals surface area contributed by atoms with Gasteiger partial charge in [0.15, 0.2) is 5.82 Å². The number of halogens is 1. The van der Waals surface area contributed by atoms with Gasteiger partial charge in [-0.3, -0.25) is 5.10 Å². The Hall–Kier alpha value is -1.84. The van der Waals surface area contributed by atoms with Gasteiger partial charge >= 0.3 is 0 Å². The minimum Gasteiger partial charge on any atom is -0.382 e. The molecule has 1 aromatic heterocycles. The van der Waals surface area contributed by atoms with Gasteiger partial charge in [0.1, 0.15) is 5.82 Å². The summed E-state index contributed by atoms with van der Waals surface area (Å²) < 4.78 is 14.1. The molecule has 0 aliphatic heterocycles. The monoisotopic (exact) mass is 273 g/mol. The summed E-state index contributed by atoms with van der Waals surface area (Å²) in [6.45, 7) is 2.23. The number of nitrogens with one attached hydrogen (secondary N) is 1. The van der Waals surface area contributed by atoms with Gasteiger partial charge in [-0.15, -0.1) is 0 Å². The van der Waals surface area contributed by atoms with Crippen molar-refractivity contribution in [3.8, 4) is 11.1 Å². The number of rotatable bonds is 2. The molecular formula is C16H20FN3. The van der Waals surface area contributed by atoms with Crippen LogP contribution >= 0.6 is 0 Å².